The van der Waals surface area contributed by atoms with Gasteiger partial charge in [-0.25, -0.2) is 0 Å². The van der Waals surface area contributed by atoms with Crippen LogP contribution in [0.5, 0.6) is 0 Å². The highest BCUT2D eigenvalue weighted by molar-refractivity contribution is 5.73. The second kappa shape index (κ2) is 15.9. The maximum absolute atomic E-state index is 14.1. The van der Waals surface area contributed by atoms with Gasteiger partial charge in [0, 0.05) is 44.2 Å². The molecule has 4 heterocycles. The Balaban J connectivity index is 1.83. The second-order valence-electron chi connectivity index (χ2n) is 16.5. The summed E-state index contributed by atoms with van der Waals surface area (Å²) in [6, 6.07) is -0.195. The van der Waals surface area contributed by atoms with E-state index in [9.17, 15) is 20.1 Å². The number of rotatable bonds is 8. The van der Waals surface area contributed by atoms with Crippen molar-refractivity contribution >= 4 is 5.97 Å². The van der Waals surface area contributed by atoms with E-state index in [1.807, 2.05) is 62.4 Å². The van der Waals surface area contributed by atoms with Gasteiger partial charge in [0.1, 0.15) is 35.3 Å². The first kappa shape index (κ1) is 41.4. The van der Waals surface area contributed by atoms with Crippen LogP contribution in [0.1, 0.15) is 108 Å². The van der Waals surface area contributed by atoms with Crippen LogP contribution in [0.25, 0.3) is 0 Å². The summed E-state index contributed by atoms with van der Waals surface area (Å²) >= 11 is 0. The molecule has 0 aromatic carbocycles. The van der Waals surface area contributed by atoms with Crippen LogP contribution in [-0.2, 0) is 38.0 Å². The fraction of sp³-hybridized carbons (Fsp3) is 0.921. The lowest BCUT2D eigenvalue weighted by Gasteiger charge is -2.48. The third kappa shape index (κ3) is 8.39. The average molecular weight is 714 g/mol. The Morgan fingerprint density at radius 3 is 2.22 bits per heavy atom. The highest BCUT2D eigenvalue weighted by Gasteiger charge is 2.55. The zero-order valence-corrected chi connectivity index (χ0v) is 32.8. The van der Waals surface area contributed by atoms with Gasteiger partial charge in [-0.2, -0.15) is 0 Å². The molecule has 0 spiro atoms. The third-order valence-corrected chi connectivity index (χ3v) is 12.1. The van der Waals surface area contributed by atoms with Crippen molar-refractivity contribution in [1.82, 2.24) is 4.90 Å². The Morgan fingerprint density at radius 1 is 0.960 bits per heavy atom. The molecule has 290 valence electrons. The molecule has 3 saturated heterocycles. The minimum absolute atomic E-state index is 0.162. The van der Waals surface area contributed by atoms with E-state index >= 15 is 0 Å². The van der Waals surface area contributed by atoms with Crippen LogP contribution in [-0.4, -0.2) is 125 Å². The molecule has 50 heavy (non-hydrogen) atoms. The zero-order chi connectivity index (χ0) is 37.5. The van der Waals surface area contributed by atoms with Crippen molar-refractivity contribution in [3.63, 3.8) is 0 Å². The first-order valence-corrected chi connectivity index (χ1v) is 18.8. The van der Waals surface area contributed by atoms with Gasteiger partial charge < -0.3 is 53.4 Å². The van der Waals surface area contributed by atoms with E-state index in [0.29, 0.717) is 31.4 Å². The number of carbonyl (C=O) groups is 1. The fourth-order valence-corrected chi connectivity index (χ4v) is 8.94. The van der Waals surface area contributed by atoms with E-state index in [1.54, 1.807) is 21.0 Å². The lowest BCUT2D eigenvalue weighted by Crippen LogP contribution is -2.59. The van der Waals surface area contributed by atoms with Crippen LogP contribution in [0, 0.1) is 17.8 Å². The number of nitrogens with zero attached hydrogens (tertiary/aromatic N) is 1. The Kier molecular flexibility index (Phi) is 13.2. The molecule has 16 atom stereocenters. The summed E-state index contributed by atoms with van der Waals surface area (Å²) in [4.78, 5) is 16.2. The normalized spacial score (nSPS) is 48.0. The van der Waals surface area contributed by atoms with Gasteiger partial charge in [0.15, 0.2) is 12.6 Å². The summed E-state index contributed by atoms with van der Waals surface area (Å²) in [5.41, 5.74) is -2.41. The van der Waals surface area contributed by atoms with Gasteiger partial charge in [-0.3, -0.25) is 4.79 Å². The number of methoxy groups -OCH3 is 1. The summed E-state index contributed by atoms with van der Waals surface area (Å²) in [5.74, 6) is -2.07. The van der Waals surface area contributed by atoms with Crippen molar-refractivity contribution in [2.75, 3.05) is 20.7 Å². The number of hydrogen-bond donors (Lipinski definition) is 3. The maximum atomic E-state index is 14.1. The Bertz CT molecular complexity index is 1200. The largest absolute Gasteiger partial charge is 0.489 e. The van der Waals surface area contributed by atoms with E-state index < -0.39 is 83.6 Å². The monoisotopic (exact) mass is 713 g/mol. The van der Waals surface area contributed by atoms with E-state index in [1.165, 1.54) is 6.92 Å². The van der Waals surface area contributed by atoms with Crippen LogP contribution in [0.3, 0.4) is 0 Å². The summed E-state index contributed by atoms with van der Waals surface area (Å²) in [6.07, 6.45) is -4.46. The summed E-state index contributed by atoms with van der Waals surface area (Å²) < 4.78 is 45.2. The smallest absolute Gasteiger partial charge is 0.311 e. The van der Waals surface area contributed by atoms with Crippen molar-refractivity contribution in [2.45, 2.75) is 186 Å². The number of aliphatic hydroxyl groups excluding tert-OH is 2. The quantitative estimate of drug-likeness (QED) is 0.308. The minimum Gasteiger partial charge on any atom is -0.489 e. The number of hydrogen-bond acceptors (Lipinski definition) is 12. The molecule has 0 radical (unpaired) electrons. The second-order valence-corrected chi connectivity index (χ2v) is 16.5. The van der Waals surface area contributed by atoms with Crippen molar-refractivity contribution in [1.29, 1.82) is 0 Å². The van der Waals surface area contributed by atoms with Gasteiger partial charge >= 0.3 is 5.97 Å². The highest BCUT2D eigenvalue weighted by Crippen LogP contribution is 2.47. The van der Waals surface area contributed by atoms with Gasteiger partial charge in [0.05, 0.1) is 35.9 Å². The molecule has 0 amide bonds. The number of aliphatic hydroxyl groups is 3. The minimum atomic E-state index is -1.79. The molecule has 12 nitrogen and oxygen atoms in total. The third-order valence-electron chi connectivity index (χ3n) is 12.1. The lowest BCUT2D eigenvalue weighted by atomic mass is 9.78. The number of esters is 1. The van der Waals surface area contributed by atoms with Crippen LogP contribution < -0.4 is 0 Å². The Hall–Kier alpha value is -1.35. The molecule has 0 saturated carbocycles. The number of ether oxygens (including phenoxy) is 7. The SMILES string of the molecule is CC[C@H]1OC(=O)[C@H](C)[C@@H](O[C@H]2C[C@@](C)(OC)C[C@H](C)O2)[C@H](C)[C@@H](O[C@@H]2O[C@H](C)C[C@H](N(C)CC)[C@H]2O)[C@@]2(C)CC(C)=C(O2)[C@H](C)[C@@H](O)[C@]1(C)O. The number of fused-ring (bicyclic) bond motifs is 2. The van der Waals surface area contributed by atoms with Crippen LogP contribution in [0.4, 0.5) is 0 Å². The van der Waals surface area contributed by atoms with E-state index in [4.69, 9.17) is 33.2 Å². The molecule has 2 bridgehead atoms. The number of likely N-dealkylation sites (N-methyl/N-ethyl adjacent to an activating group) is 1. The molecule has 0 unspecified atom stereocenters. The van der Waals surface area contributed by atoms with E-state index in [2.05, 4.69) is 4.90 Å². The standard InChI is InChI=1S/C38H67NO11/c1-14-27-38(11,43)32(41)23(6)30-20(3)17-37(10,50-30)33(49-35-29(40)26(39(12)15-2)16-21(4)46-35)24(7)31(25(8)34(42)47-27)48-28-19-36(9,44-13)18-22(5)45-28/h21-29,31-33,35,40-41,43H,14-19H2,1-13H3/t21-,22+,23+,24+,25-,26+,27-,28+,29-,31+,32-,33-,35+,36+,37-,38-/m1/s1. The highest BCUT2D eigenvalue weighted by atomic mass is 16.7. The van der Waals surface area contributed by atoms with Crippen molar-refractivity contribution in [3.05, 3.63) is 11.3 Å². The lowest BCUT2D eigenvalue weighted by molar-refractivity contribution is -0.309. The Morgan fingerprint density at radius 2 is 1.62 bits per heavy atom. The fourth-order valence-electron chi connectivity index (χ4n) is 8.94. The first-order valence-electron chi connectivity index (χ1n) is 18.8. The first-order chi connectivity index (χ1) is 23.2. The number of cyclic esters (lactones) is 1. The van der Waals surface area contributed by atoms with Crippen LogP contribution >= 0.6 is 0 Å². The summed E-state index contributed by atoms with van der Waals surface area (Å²) in [5, 5.41) is 35.1. The van der Waals surface area contributed by atoms with Crippen molar-refractivity contribution < 1.29 is 53.3 Å². The van der Waals surface area contributed by atoms with Gasteiger partial charge in [-0.15, -0.1) is 0 Å². The average Bonchev–Trinajstić information content (AvgIpc) is 3.37. The number of carbonyl (C=O) groups excluding carboxylic acids is 1. The molecule has 0 aliphatic carbocycles. The zero-order valence-electron chi connectivity index (χ0n) is 32.8. The molecule has 0 aromatic rings. The molecule has 3 N–H and O–H groups in total. The van der Waals surface area contributed by atoms with Crippen LogP contribution in [0.15, 0.2) is 11.3 Å². The van der Waals surface area contributed by atoms with Crippen molar-refractivity contribution in [3.8, 4) is 0 Å². The Labute approximate surface area is 300 Å². The molecular weight excluding hydrogens is 646 g/mol. The summed E-state index contributed by atoms with van der Waals surface area (Å²) in [6.45, 7) is 21.5. The maximum Gasteiger partial charge on any atom is 0.311 e. The molecule has 4 aliphatic heterocycles. The van der Waals surface area contributed by atoms with Crippen LogP contribution in [0.2, 0.25) is 0 Å². The molecule has 4 rings (SSSR count). The van der Waals surface area contributed by atoms with Gasteiger partial charge in [0.25, 0.3) is 0 Å². The topological polar surface area (TPSA) is 146 Å². The predicted molar refractivity (Wildman–Crippen MR) is 187 cm³/mol. The van der Waals surface area contributed by atoms with Gasteiger partial charge in [-0.1, -0.05) is 27.7 Å². The van der Waals surface area contributed by atoms with Gasteiger partial charge in [-0.05, 0) is 80.5 Å². The molecular formula is C38H67NO11. The van der Waals surface area contributed by atoms with Crippen molar-refractivity contribution in [2.24, 2.45) is 17.8 Å². The predicted octanol–water partition coefficient (Wildman–Crippen LogP) is 4.31. The molecule has 12 heteroatoms. The van der Waals surface area contributed by atoms with E-state index in [-0.39, 0.29) is 24.7 Å². The van der Waals surface area contributed by atoms with E-state index in [0.717, 1.165) is 12.1 Å². The molecule has 4 aliphatic rings. The molecule has 3 fully saturated rings. The van der Waals surface area contributed by atoms with Gasteiger partial charge in [0.2, 0.25) is 0 Å². The molecule has 0 aromatic heterocycles. The summed E-state index contributed by atoms with van der Waals surface area (Å²) in [7, 11) is 3.66.